The topological polar surface area (TPSA) is 98.4 Å². The van der Waals surface area contributed by atoms with Crippen LogP contribution in [-0.4, -0.2) is 71.1 Å². The first-order valence-corrected chi connectivity index (χ1v) is 11.3. The number of carbonyl (C=O) groups is 1. The van der Waals surface area contributed by atoms with Crippen LogP contribution in [-0.2, 0) is 10.0 Å². The van der Waals surface area contributed by atoms with Gasteiger partial charge in [-0.1, -0.05) is 0 Å². The fraction of sp³-hybridized carbons (Fsp3) is 0.579. The van der Waals surface area contributed by atoms with Gasteiger partial charge in [0.15, 0.2) is 0 Å². The van der Waals surface area contributed by atoms with Gasteiger partial charge >= 0.3 is 6.03 Å². The number of sulfonamides is 1. The highest BCUT2D eigenvalue weighted by atomic mass is 32.2. The van der Waals surface area contributed by atoms with Crippen molar-refractivity contribution in [1.82, 2.24) is 24.5 Å². The van der Waals surface area contributed by atoms with E-state index in [1.165, 1.54) is 5.56 Å². The first-order valence-electron chi connectivity index (χ1n) is 9.82. The molecule has 4 rings (SSSR count). The maximum Gasteiger partial charge on any atom is 0.317 e. The van der Waals surface area contributed by atoms with Crippen LogP contribution in [0.2, 0.25) is 0 Å². The fourth-order valence-corrected chi connectivity index (χ4v) is 5.96. The molecule has 2 aromatic heterocycles. The molecule has 0 aromatic carbocycles. The van der Waals surface area contributed by atoms with Crippen molar-refractivity contribution in [3.05, 3.63) is 30.1 Å². The van der Waals surface area contributed by atoms with Crippen molar-refractivity contribution in [2.45, 2.75) is 43.9 Å². The van der Waals surface area contributed by atoms with E-state index in [0.29, 0.717) is 19.0 Å². The van der Waals surface area contributed by atoms with Gasteiger partial charge in [-0.3, -0.25) is 0 Å². The Hall–Kier alpha value is -2.13. The lowest BCUT2D eigenvalue weighted by Crippen LogP contribution is -2.62. The third-order valence-corrected chi connectivity index (χ3v) is 7.93. The smallest absolute Gasteiger partial charge is 0.317 e. The number of aromatic nitrogens is 2. The summed E-state index contributed by atoms with van der Waals surface area (Å²) < 4.78 is 27.4. The van der Waals surface area contributed by atoms with E-state index in [4.69, 9.17) is 0 Å². The van der Waals surface area contributed by atoms with E-state index in [-0.39, 0.29) is 25.2 Å². The van der Waals surface area contributed by atoms with Gasteiger partial charge in [0.1, 0.15) is 10.9 Å². The Morgan fingerprint density at radius 1 is 1.29 bits per heavy atom. The van der Waals surface area contributed by atoms with Crippen molar-refractivity contribution in [3.8, 4) is 0 Å². The Kier molecular flexibility index (Phi) is 5.05. The standard InChI is InChI=1S/C19H27N5O3S/c1-13(2)22-19(25)23-11-15(12-23)28(26,27)24-8-5-14(6-9-24)17-10-21-18-16(17)4-3-7-20-18/h3-4,7,10,13-15H,5-6,8-9,11-12H2,1-2H3,(H,20,21)(H,22,25). The number of aromatic amines is 1. The molecule has 0 atom stereocenters. The van der Waals surface area contributed by atoms with Crippen molar-refractivity contribution < 1.29 is 13.2 Å². The molecule has 0 bridgehead atoms. The van der Waals surface area contributed by atoms with E-state index in [1.54, 1.807) is 15.4 Å². The zero-order valence-electron chi connectivity index (χ0n) is 16.3. The molecule has 0 aliphatic carbocycles. The Morgan fingerprint density at radius 2 is 2.00 bits per heavy atom. The first-order chi connectivity index (χ1) is 13.4. The quantitative estimate of drug-likeness (QED) is 0.811. The molecule has 2 aliphatic heterocycles. The highest BCUT2D eigenvalue weighted by Gasteiger charge is 2.43. The van der Waals surface area contributed by atoms with Crippen molar-refractivity contribution in [2.75, 3.05) is 26.2 Å². The molecule has 2 aromatic rings. The van der Waals surface area contributed by atoms with Crippen LogP contribution in [0.25, 0.3) is 11.0 Å². The lowest BCUT2D eigenvalue weighted by atomic mass is 9.90. The Morgan fingerprint density at radius 3 is 2.68 bits per heavy atom. The van der Waals surface area contributed by atoms with E-state index in [1.807, 2.05) is 26.1 Å². The van der Waals surface area contributed by atoms with Crippen LogP contribution in [0.1, 0.15) is 38.2 Å². The lowest BCUT2D eigenvalue weighted by molar-refractivity contribution is 0.164. The Bertz CT molecular complexity index is 957. The largest absolute Gasteiger partial charge is 0.346 e. The Labute approximate surface area is 165 Å². The van der Waals surface area contributed by atoms with Gasteiger partial charge in [0, 0.05) is 50.0 Å². The molecule has 2 amide bonds. The molecular weight excluding hydrogens is 378 g/mol. The monoisotopic (exact) mass is 405 g/mol. The third kappa shape index (κ3) is 3.48. The van der Waals surface area contributed by atoms with Gasteiger partial charge in [-0.15, -0.1) is 0 Å². The van der Waals surface area contributed by atoms with Crippen molar-refractivity contribution >= 4 is 27.1 Å². The van der Waals surface area contributed by atoms with Crippen LogP contribution in [0.15, 0.2) is 24.5 Å². The fourth-order valence-electron chi connectivity index (χ4n) is 4.08. The zero-order valence-corrected chi connectivity index (χ0v) is 17.1. The molecule has 2 N–H and O–H groups in total. The van der Waals surface area contributed by atoms with Crippen LogP contribution in [0.4, 0.5) is 4.79 Å². The van der Waals surface area contributed by atoms with Crippen molar-refractivity contribution in [2.24, 2.45) is 0 Å². The molecule has 8 nitrogen and oxygen atoms in total. The maximum atomic E-state index is 12.9. The average Bonchev–Trinajstić information content (AvgIpc) is 3.03. The van der Waals surface area contributed by atoms with Gasteiger partial charge in [0.05, 0.1) is 0 Å². The molecular formula is C19H27N5O3S. The van der Waals surface area contributed by atoms with Gasteiger partial charge in [0.25, 0.3) is 0 Å². The van der Waals surface area contributed by atoms with Gasteiger partial charge in [-0.2, -0.15) is 0 Å². The predicted molar refractivity (Wildman–Crippen MR) is 108 cm³/mol. The molecule has 0 saturated carbocycles. The summed E-state index contributed by atoms with van der Waals surface area (Å²) in [7, 11) is -3.36. The second kappa shape index (κ2) is 7.36. The van der Waals surface area contributed by atoms with Crippen LogP contribution in [0.5, 0.6) is 0 Å². The molecule has 0 spiro atoms. The number of piperidine rings is 1. The molecule has 9 heteroatoms. The first kappa shape index (κ1) is 19.2. The molecule has 2 aliphatic rings. The van der Waals surface area contributed by atoms with Gasteiger partial charge in [-0.25, -0.2) is 22.5 Å². The number of fused-ring (bicyclic) bond motifs is 1. The number of rotatable bonds is 4. The molecule has 4 heterocycles. The van der Waals surface area contributed by atoms with Crippen molar-refractivity contribution in [1.29, 1.82) is 0 Å². The lowest BCUT2D eigenvalue weighted by Gasteiger charge is -2.42. The minimum absolute atomic E-state index is 0.0434. The molecule has 28 heavy (non-hydrogen) atoms. The number of hydrogen-bond acceptors (Lipinski definition) is 4. The van der Waals surface area contributed by atoms with E-state index < -0.39 is 15.3 Å². The highest BCUT2D eigenvalue weighted by molar-refractivity contribution is 7.89. The number of nitrogens with zero attached hydrogens (tertiary/aromatic N) is 3. The number of nitrogens with one attached hydrogen (secondary N) is 2. The predicted octanol–water partition coefficient (Wildman–Crippen LogP) is 1.87. The summed E-state index contributed by atoms with van der Waals surface area (Å²) in [5.74, 6) is 0.333. The van der Waals surface area contributed by atoms with Crippen LogP contribution < -0.4 is 5.32 Å². The van der Waals surface area contributed by atoms with E-state index in [2.05, 4.69) is 21.4 Å². The second-order valence-electron chi connectivity index (χ2n) is 7.99. The normalized spacial score (nSPS) is 19.9. The third-order valence-electron chi connectivity index (χ3n) is 5.71. The van der Waals surface area contributed by atoms with Gasteiger partial charge < -0.3 is 15.2 Å². The zero-order chi connectivity index (χ0) is 19.9. The summed E-state index contributed by atoms with van der Waals surface area (Å²) >= 11 is 0. The summed E-state index contributed by atoms with van der Waals surface area (Å²) in [6.45, 7) is 5.37. The van der Waals surface area contributed by atoms with Gasteiger partial charge in [0.2, 0.25) is 10.0 Å². The van der Waals surface area contributed by atoms with E-state index in [9.17, 15) is 13.2 Å². The van der Waals surface area contributed by atoms with Crippen LogP contribution in [0.3, 0.4) is 0 Å². The molecule has 2 saturated heterocycles. The van der Waals surface area contributed by atoms with Crippen LogP contribution >= 0.6 is 0 Å². The number of hydrogen-bond donors (Lipinski definition) is 2. The summed E-state index contributed by atoms with van der Waals surface area (Å²) in [6.07, 6.45) is 5.36. The number of amides is 2. The second-order valence-corrected chi connectivity index (χ2v) is 10.2. The Balaban J connectivity index is 1.35. The number of H-pyrrole nitrogens is 1. The SMILES string of the molecule is CC(C)NC(=O)N1CC(S(=O)(=O)N2CCC(c3c[nH]c4ncccc34)CC2)C1. The maximum absolute atomic E-state index is 12.9. The molecule has 2 fully saturated rings. The minimum atomic E-state index is -3.36. The summed E-state index contributed by atoms with van der Waals surface area (Å²) in [4.78, 5) is 21.1. The molecule has 0 radical (unpaired) electrons. The molecule has 0 unspecified atom stereocenters. The van der Waals surface area contributed by atoms with E-state index >= 15 is 0 Å². The summed E-state index contributed by atoms with van der Waals surface area (Å²) in [5, 5.41) is 3.44. The van der Waals surface area contributed by atoms with Crippen LogP contribution in [0, 0.1) is 0 Å². The summed E-state index contributed by atoms with van der Waals surface area (Å²) in [6, 6.07) is 3.84. The molecule has 152 valence electrons. The number of urea groups is 1. The van der Waals surface area contributed by atoms with Crippen molar-refractivity contribution in [3.63, 3.8) is 0 Å². The number of likely N-dealkylation sites (tertiary alicyclic amines) is 1. The highest BCUT2D eigenvalue weighted by Crippen LogP contribution is 2.34. The number of pyridine rings is 1. The minimum Gasteiger partial charge on any atom is -0.346 e. The van der Waals surface area contributed by atoms with E-state index in [0.717, 1.165) is 23.9 Å². The number of carbonyl (C=O) groups excluding carboxylic acids is 1. The van der Waals surface area contributed by atoms with Gasteiger partial charge in [-0.05, 0) is 50.3 Å². The summed E-state index contributed by atoms with van der Waals surface area (Å²) in [5.41, 5.74) is 2.10. The average molecular weight is 406 g/mol.